The second kappa shape index (κ2) is 19.8. The summed E-state index contributed by atoms with van der Waals surface area (Å²) in [5, 5.41) is 11.7. The molecule has 0 bridgehead atoms. The number of unbranched alkanes of at least 4 members (excludes halogenated alkanes) is 11. The number of rotatable bonds is 20. The van der Waals surface area contributed by atoms with Crippen molar-refractivity contribution in [2.45, 2.75) is 96.8 Å². The Hall–Kier alpha value is -2.63. The van der Waals surface area contributed by atoms with Gasteiger partial charge >= 0.3 is 11.9 Å². The van der Waals surface area contributed by atoms with E-state index in [-0.39, 0.29) is 30.2 Å². The first-order valence-corrected chi connectivity index (χ1v) is 13.0. The topological polar surface area (TPSA) is 92.7 Å². The Labute approximate surface area is 205 Å². The maximum Gasteiger partial charge on any atom is 0.336 e. The van der Waals surface area contributed by atoms with Crippen LogP contribution in [0, 0.1) is 0 Å². The summed E-state index contributed by atoms with van der Waals surface area (Å²) in [6.45, 7) is 2.47. The van der Waals surface area contributed by atoms with Crippen LogP contribution in [-0.2, 0) is 9.53 Å². The summed E-state index contributed by atoms with van der Waals surface area (Å²) in [5.74, 6) is -1.92. The molecule has 0 saturated heterocycles. The minimum absolute atomic E-state index is 0.0545. The Morgan fingerprint density at radius 3 is 2.00 bits per heavy atom. The van der Waals surface area contributed by atoms with E-state index in [2.05, 4.69) is 24.4 Å². The van der Waals surface area contributed by atoms with Gasteiger partial charge in [0.05, 0.1) is 17.7 Å². The van der Waals surface area contributed by atoms with E-state index in [9.17, 15) is 14.4 Å². The summed E-state index contributed by atoms with van der Waals surface area (Å²) in [5.41, 5.74) is 0.0378. The number of carbonyl (C=O) groups is 3. The third-order valence-electron chi connectivity index (χ3n) is 5.70. The number of aromatic carboxylic acids is 1. The third kappa shape index (κ3) is 14.5. The minimum atomic E-state index is -1.16. The average Bonchev–Trinajstić information content (AvgIpc) is 2.84. The zero-order valence-electron chi connectivity index (χ0n) is 20.9. The van der Waals surface area contributed by atoms with Gasteiger partial charge in [0.15, 0.2) is 0 Å². The SMILES string of the molecule is CCCCCCCC/C=C\CCCCCCCC(=O)OCCNC(=O)c1ccccc1C(=O)O. The summed E-state index contributed by atoms with van der Waals surface area (Å²) in [7, 11) is 0. The van der Waals surface area contributed by atoms with Gasteiger partial charge in [-0.2, -0.15) is 0 Å². The molecule has 2 N–H and O–H groups in total. The van der Waals surface area contributed by atoms with E-state index in [0.717, 1.165) is 25.7 Å². The van der Waals surface area contributed by atoms with Crippen LogP contribution in [-0.4, -0.2) is 36.1 Å². The molecule has 0 atom stereocenters. The smallest absolute Gasteiger partial charge is 0.336 e. The number of ether oxygens (including phenoxy) is 1. The highest BCUT2D eigenvalue weighted by molar-refractivity contribution is 6.04. The number of benzene rings is 1. The Bertz CT molecular complexity index is 744. The molecule has 1 aromatic carbocycles. The molecular formula is C28H43NO5. The van der Waals surface area contributed by atoms with Gasteiger partial charge in [-0.25, -0.2) is 4.79 Å². The second-order valence-electron chi connectivity index (χ2n) is 8.66. The number of carboxylic acids is 1. The largest absolute Gasteiger partial charge is 0.478 e. The van der Waals surface area contributed by atoms with Gasteiger partial charge in [0.1, 0.15) is 6.61 Å². The van der Waals surface area contributed by atoms with Crippen LogP contribution in [0.5, 0.6) is 0 Å². The van der Waals surface area contributed by atoms with Gasteiger partial charge in [0.25, 0.3) is 5.91 Å². The third-order valence-corrected chi connectivity index (χ3v) is 5.70. The fourth-order valence-electron chi connectivity index (χ4n) is 3.70. The molecule has 0 fully saturated rings. The molecule has 0 aromatic heterocycles. The van der Waals surface area contributed by atoms with Crippen LogP contribution in [0.2, 0.25) is 0 Å². The van der Waals surface area contributed by atoms with Gasteiger partial charge in [-0.05, 0) is 44.2 Å². The molecular weight excluding hydrogens is 430 g/mol. The maximum atomic E-state index is 12.1. The number of carbonyl (C=O) groups excluding carboxylic acids is 2. The van der Waals surface area contributed by atoms with Gasteiger partial charge in [-0.1, -0.05) is 82.6 Å². The highest BCUT2D eigenvalue weighted by Crippen LogP contribution is 2.11. The molecule has 1 amide bonds. The van der Waals surface area contributed by atoms with E-state index in [4.69, 9.17) is 9.84 Å². The number of hydrogen-bond donors (Lipinski definition) is 2. The molecule has 1 aromatic rings. The van der Waals surface area contributed by atoms with E-state index in [1.807, 2.05) is 0 Å². The van der Waals surface area contributed by atoms with Gasteiger partial charge in [-0.15, -0.1) is 0 Å². The van der Waals surface area contributed by atoms with Crippen molar-refractivity contribution in [1.29, 1.82) is 0 Å². The van der Waals surface area contributed by atoms with Crippen molar-refractivity contribution in [3.63, 3.8) is 0 Å². The molecule has 0 radical (unpaired) electrons. The van der Waals surface area contributed by atoms with E-state index in [1.165, 1.54) is 69.9 Å². The number of hydrogen-bond acceptors (Lipinski definition) is 4. The van der Waals surface area contributed by atoms with Crippen LogP contribution in [0.25, 0.3) is 0 Å². The fourth-order valence-corrected chi connectivity index (χ4v) is 3.70. The molecule has 6 nitrogen and oxygen atoms in total. The van der Waals surface area contributed by atoms with Crippen LogP contribution in [0.1, 0.15) is 118 Å². The molecule has 0 spiro atoms. The molecule has 190 valence electrons. The zero-order chi connectivity index (χ0) is 24.9. The van der Waals surface area contributed by atoms with Crippen LogP contribution < -0.4 is 5.32 Å². The van der Waals surface area contributed by atoms with Crippen molar-refractivity contribution < 1.29 is 24.2 Å². The fraction of sp³-hybridized carbons (Fsp3) is 0.607. The number of allylic oxidation sites excluding steroid dienone is 2. The molecule has 0 aliphatic heterocycles. The first-order valence-electron chi connectivity index (χ1n) is 13.0. The maximum absolute atomic E-state index is 12.1. The van der Waals surface area contributed by atoms with E-state index in [0.29, 0.717) is 6.42 Å². The predicted molar refractivity (Wildman–Crippen MR) is 136 cm³/mol. The lowest BCUT2D eigenvalue weighted by atomic mass is 10.1. The lowest BCUT2D eigenvalue weighted by Crippen LogP contribution is -2.29. The summed E-state index contributed by atoms with van der Waals surface area (Å²) in [6.07, 6.45) is 20.8. The Kier molecular flexibility index (Phi) is 17.1. The van der Waals surface area contributed by atoms with Crippen LogP contribution in [0.15, 0.2) is 36.4 Å². The van der Waals surface area contributed by atoms with E-state index < -0.39 is 11.9 Å². The Morgan fingerprint density at radius 2 is 1.38 bits per heavy atom. The normalized spacial score (nSPS) is 11.0. The summed E-state index contributed by atoms with van der Waals surface area (Å²) >= 11 is 0. The van der Waals surface area contributed by atoms with Crippen molar-refractivity contribution >= 4 is 17.8 Å². The second-order valence-corrected chi connectivity index (χ2v) is 8.66. The van der Waals surface area contributed by atoms with Gasteiger partial charge < -0.3 is 15.2 Å². The highest BCUT2D eigenvalue weighted by Gasteiger charge is 2.15. The van der Waals surface area contributed by atoms with Crippen LogP contribution >= 0.6 is 0 Å². The number of nitrogens with one attached hydrogen (secondary N) is 1. The van der Waals surface area contributed by atoms with Gasteiger partial charge in [-0.3, -0.25) is 9.59 Å². The number of esters is 1. The number of carboxylic acid groups (broad SMARTS) is 1. The van der Waals surface area contributed by atoms with Crippen molar-refractivity contribution in [2.75, 3.05) is 13.2 Å². The lowest BCUT2D eigenvalue weighted by molar-refractivity contribution is -0.143. The van der Waals surface area contributed by atoms with Crippen molar-refractivity contribution in [1.82, 2.24) is 5.32 Å². The minimum Gasteiger partial charge on any atom is -0.478 e. The van der Waals surface area contributed by atoms with Crippen molar-refractivity contribution in [3.8, 4) is 0 Å². The quantitative estimate of drug-likeness (QED) is 0.125. The van der Waals surface area contributed by atoms with Crippen molar-refractivity contribution in [2.24, 2.45) is 0 Å². The van der Waals surface area contributed by atoms with E-state index >= 15 is 0 Å². The van der Waals surface area contributed by atoms with Crippen LogP contribution in [0.3, 0.4) is 0 Å². The summed E-state index contributed by atoms with van der Waals surface area (Å²) in [4.78, 5) is 35.1. The molecule has 0 aliphatic rings. The van der Waals surface area contributed by atoms with E-state index in [1.54, 1.807) is 12.1 Å². The Balaban J connectivity index is 1.95. The standard InChI is InChI=1S/C28H43NO5/c1-2-3-4-5-6-7-8-9-10-11-12-13-14-15-16-21-26(30)34-23-22-29-27(31)24-19-17-18-20-25(24)28(32)33/h9-10,17-20H,2-8,11-16,21-23H2,1H3,(H,29,31)(H,32,33)/b10-9-. The lowest BCUT2D eigenvalue weighted by Gasteiger charge is -2.08. The van der Waals surface area contributed by atoms with Crippen LogP contribution in [0.4, 0.5) is 0 Å². The predicted octanol–water partition coefficient (Wildman–Crippen LogP) is 6.70. The first kappa shape index (κ1) is 29.4. The number of amides is 1. The molecule has 1 rings (SSSR count). The molecule has 0 unspecified atom stereocenters. The first-order chi connectivity index (χ1) is 16.6. The molecule has 0 aliphatic carbocycles. The monoisotopic (exact) mass is 473 g/mol. The summed E-state index contributed by atoms with van der Waals surface area (Å²) < 4.78 is 5.15. The zero-order valence-corrected chi connectivity index (χ0v) is 20.9. The van der Waals surface area contributed by atoms with Crippen molar-refractivity contribution in [3.05, 3.63) is 47.5 Å². The Morgan fingerprint density at radius 1 is 0.824 bits per heavy atom. The molecule has 34 heavy (non-hydrogen) atoms. The molecule has 0 saturated carbocycles. The molecule has 6 heteroatoms. The average molecular weight is 474 g/mol. The molecule has 0 heterocycles. The van der Waals surface area contributed by atoms with Gasteiger partial charge in [0, 0.05) is 6.42 Å². The highest BCUT2D eigenvalue weighted by atomic mass is 16.5. The summed E-state index contributed by atoms with van der Waals surface area (Å²) in [6, 6.07) is 6.01. The van der Waals surface area contributed by atoms with Gasteiger partial charge in [0.2, 0.25) is 0 Å².